The first-order valence-corrected chi connectivity index (χ1v) is 31.5. The number of ketones is 2. The second kappa shape index (κ2) is 22.5. The highest BCUT2D eigenvalue weighted by Crippen LogP contribution is 2.38. The van der Waals surface area contributed by atoms with Gasteiger partial charge in [0.1, 0.15) is 0 Å². The van der Waals surface area contributed by atoms with Crippen LogP contribution in [0, 0.1) is 47.4 Å². The van der Waals surface area contributed by atoms with Crippen LogP contribution in [0.1, 0.15) is 287 Å². The topological polar surface area (TPSA) is 34.1 Å². The molecule has 0 bridgehead atoms. The zero-order valence-electron chi connectivity index (χ0n) is 57.4. The first kappa shape index (κ1) is 64.3. The van der Waals surface area contributed by atoms with Crippen molar-refractivity contribution in [3.63, 3.8) is 0 Å². The zero-order chi connectivity index (χ0) is 64.8. The van der Waals surface area contributed by atoms with Gasteiger partial charge in [0.15, 0.2) is 11.6 Å². The van der Waals surface area contributed by atoms with E-state index in [1.54, 1.807) is 0 Å². The minimum absolute atomic E-state index is 0.0842. The van der Waals surface area contributed by atoms with Gasteiger partial charge in [-0.1, -0.05) is 238 Å². The maximum atomic E-state index is 15.2. The average molecular weight is 1160 g/mol. The Morgan fingerprint density at radius 2 is 0.341 bits per heavy atom. The van der Waals surface area contributed by atoms with E-state index in [1.165, 1.54) is 44.5 Å². The van der Waals surface area contributed by atoms with Gasteiger partial charge in [0.05, 0.1) is 0 Å². The van der Waals surface area contributed by atoms with Gasteiger partial charge < -0.3 is 0 Å². The number of carbonyl (C=O) groups is 2. The van der Waals surface area contributed by atoms with E-state index in [0.717, 1.165) is 66.1 Å². The minimum Gasteiger partial charge on any atom is -0.289 e. The molecule has 1 aliphatic rings. The number of fused-ring (bicyclic) bond motifs is 4. The van der Waals surface area contributed by atoms with E-state index < -0.39 is 0 Å². The van der Waals surface area contributed by atoms with Crippen LogP contribution in [0.3, 0.4) is 0 Å². The molecule has 0 saturated heterocycles. The summed E-state index contributed by atoms with van der Waals surface area (Å²) in [6.07, 6.45) is 0. The van der Waals surface area contributed by atoms with Crippen LogP contribution < -0.4 is 0 Å². The summed E-state index contributed by atoms with van der Waals surface area (Å²) in [5.41, 5.74) is 17.3. The summed E-state index contributed by atoms with van der Waals surface area (Å²) in [5, 5.41) is 3.21. The maximum absolute atomic E-state index is 15.2. The third kappa shape index (κ3) is 14.2. The predicted molar refractivity (Wildman–Crippen MR) is 374 cm³/mol. The van der Waals surface area contributed by atoms with Crippen LogP contribution in [-0.2, 0) is 43.3 Å². The highest BCUT2D eigenvalue weighted by Gasteiger charge is 2.32. The molecule has 1 aliphatic carbocycles. The van der Waals surface area contributed by atoms with Gasteiger partial charge in [-0.3, -0.25) is 9.59 Å². The van der Waals surface area contributed by atoms with Crippen molar-refractivity contribution in [3.8, 4) is 47.4 Å². The van der Waals surface area contributed by atoms with Gasteiger partial charge in [-0.2, -0.15) is 0 Å². The Morgan fingerprint density at radius 3 is 0.477 bits per heavy atom. The molecule has 0 fully saturated rings. The normalized spacial score (nSPS) is 13.1. The lowest BCUT2D eigenvalue weighted by Gasteiger charge is -2.25. The lowest BCUT2D eigenvalue weighted by atomic mass is 9.79. The fourth-order valence-electron chi connectivity index (χ4n) is 11.0. The van der Waals surface area contributed by atoms with Crippen molar-refractivity contribution < 1.29 is 9.59 Å². The van der Waals surface area contributed by atoms with Crippen LogP contribution in [0.4, 0.5) is 0 Å². The largest absolute Gasteiger partial charge is 0.289 e. The number of hydrogen-bond donors (Lipinski definition) is 0. The van der Waals surface area contributed by atoms with Crippen molar-refractivity contribution >= 4 is 33.1 Å². The zero-order valence-corrected chi connectivity index (χ0v) is 57.4. The molecule has 0 spiro atoms. The van der Waals surface area contributed by atoms with Gasteiger partial charge in [0.25, 0.3) is 0 Å². The van der Waals surface area contributed by atoms with Gasteiger partial charge in [0.2, 0.25) is 0 Å². The molecule has 0 amide bonds. The molecule has 448 valence electrons. The molecule has 88 heavy (non-hydrogen) atoms. The molecule has 0 aliphatic heterocycles. The summed E-state index contributed by atoms with van der Waals surface area (Å²) in [7, 11) is 0. The van der Waals surface area contributed by atoms with Crippen molar-refractivity contribution in [1.82, 2.24) is 0 Å². The Labute approximate surface area is 529 Å². The lowest BCUT2D eigenvalue weighted by Crippen LogP contribution is -2.21. The van der Waals surface area contributed by atoms with Gasteiger partial charge in [-0.15, -0.1) is 0 Å². The second-order valence-corrected chi connectivity index (χ2v) is 33.1. The van der Waals surface area contributed by atoms with Gasteiger partial charge in [-0.05, 0) is 206 Å². The fourth-order valence-corrected chi connectivity index (χ4v) is 11.0. The van der Waals surface area contributed by atoms with Crippen LogP contribution in [0.2, 0.25) is 0 Å². The molecule has 9 rings (SSSR count). The summed E-state index contributed by atoms with van der Waals surface area (Å²) in [6, 6.07) is 42.6. The SMILES string of the molecule is CC(C)(C)c1cc(C#Cc2cc3cc4c(cc3cc2C#Cc2cc(C(C)(C)C)cc(C(C)(C)C)c2)C(=O)c2cc3cc(C#Cc5cc(C(C)(C)C)cc(C(C)(C)C)c5)c(C#Cc5cc(C(C)(C)C)cc(C(C)(C)C)c5)cc3cc2C4=O)cc(C(C)(C)C)c1. The third-order valence-corrected chi connectivity index (χ3v) is 17.2. The summed E-state index contributed by atoms with van der Waals surface area (Å²) >= 11 is 0. The van der Waals surface area contributed by atoms with Crippen molar-refractivity contribution in [3.05, 3.63) is 233 Å². The average Bonchev–Trinajstić information content (AvgIpc) is 0.758. The molecule has 0 radical (unpaired) electrons. The smallest absolute Gasteiger partial charge is 0.194 e. The van der Waals surface area contributed by atoms with E-state index >= 15 is 9.59 Å². The number of carbonyl (C=O) groups excluding carboxylic acids is 2. The Balaban J connectivity index is 1.23. The van der Waals surface area contributed by atoms with E-state index in [0.29, 0.717) is 22.3 Å². The summed E-state index contributed by atoms with van der Waals surface area (Å²) in [6.45, 7) is 53.7. The first-order chi connectivity index (χ1) is 40.4. The highest BCUT2D eigenvalue weighted by atomic mass is 16.1. The molecule has 0 unspecified atom stereocenters. The van der Waals surface area contributed by atoms with E-state index in [-0.39, 0.29) is 54.9 Å². The Morgan fingerprint density at radius 1 is 0.193 bits per heavy atom. The van der Waals surface area contributed by atoms with E-state index in [4.69, 9.17) is 0 Å². The highest BCUT2D eigenvalue weighted by molar-refractivity contribution is 6.30. The fraction of sp³-hybridized carbons (Fsp3) is 0.372. The molecule has 0 aromatic heterocycles. The molecular weight excluding hydrogens is 1060 g/mol. The van der Waals surface area contributed by atoms with Crippen molar-refractivity contribution in [2.45, 2.75) is 209 Å². The van der Waals surface area contributed by atoms with Crippen molar-refractivity contribution in [2.75, 3.05) is 0 Å². The van der Waals surface area contributed by atoms with Crippen LogP contribution in [0.15, 0.2) is 121 Å². The molecule has 0 saturated carbocycles. The third-order valence-electron chi connectivity index (χ3n) is 17.2. The Kier molecular flexibility index (Phi) is 16.4. The predicted octanol–water partition coefficient (Wildman–Crippen LogP) is 20.7. The summed E-state index contributed by atoms with van der Waals surface area (Å²) in [4.78, 5) is 30.4. The molecule has 0 N–H and O–H groups in total. The van der Waals surface area contributed by atoms with E-state index in [2.05, 4.69) is 286 Å². The molecule has 2 nitrogen and oxygen atoms in total. The first-order valence-electron chi connectivity index (χ1n) is 31.5. The Bertz CT molecular complexity index is 3770. The van der Waals surface area contributed by atoms with Crippen LogP contribution in [-0.4, -0.2) is 11.6 Å². The van der Waals surface area contributed by atoms with Gasteiger partial charge in [0, 0.05) is 66.8 Å². The molecular formula is C86H92O2. The number of rotatable bonds is 0. The van der Waals surface area contributed by atoms with Crippen LogP contribution in [0.5, 0.6) is 0 Å². The molecule has 0 heterocycles. The quantitative estimate of drug-likeness (QED) is 0.142. The lowest BCUT2D eigenvalue weighted by molar-refractivity contribution is 0.0979. The summed E-state index contributed by atoms with van der Waals surface area (Å²) < 4.78 is 0. The van der Waals surface area contributed by atoms with Gasteiger partial charge in [-0.25, -0.2) is 0 Å². The Hall–Kier alpha value is -8.14. The summed E-state index contributed by atoms with van der Waals surface area (Å²) in [5.74, 6) is 28.2. The van der Waals surface area contributed by atoms with Crippen molar-refractivity contribution in [1.29, 1.82) is 0 Å². The van der Waals surface area contributed by atoms with Crippen LogP contribution in [0.25, 0.3) is 21.5 Å². The van der Waals surface area contributed by atoms with E-state index in [1.807, 2.05) is 48.5 Å². The minimum atomic E-state index is -0.203. The number of hydrogen-bond acceptors (Lipinski definition) is 2. The van der Waals surface area contributed by atoms with Crippen LogP contribution >= 0.6 is 0 Å². The molecule has 2 heteroatoms. The molecule has 8 aromatic carbocycles. The monoisotopic (exact) mass is 1160 g/mol. The molecule has 8 aromatic rings. The second-order valence-electron chi connectivity index (χ2n) is 33.1. The maximum Gasteiger partial charge on any atom is 0.194 e. The molecule has 0 atom stereocenters. The van der Waals surface area contributed by atoms with E-state index in [9.17, 15) is 0 Å². The van der Waals surface area contributed by atoms with Gasteiger partial charge >= 0.3 is 0 Å². The number of benzene rings is 8. The standard InChI is InChI=1S/C86H92O2/c1-79(2,3)65-33-53(34-66(49-65)80(4,5)6)25-29-57-41-61-45-73-74(46-62(61)42-58(57)30-26-54-35-67(81(7,8)9)50-68(36-54)82(10,11)12)78(88)76-48-64-44-60(32-28-56-39-71(85(19,20)21)52-72(40-56)86(22,23)24)59(43-63(64)47-75(76)77(73)87)31-27-55-37-69(83(13,14)15)51-70(38-55)84(16,17)18/h33-52H,1-24H3. The van der Waals surface area contributed by atoms with Crippen molar-refractivity contribution in [2.24, 2.45) is 0 Å².